The van der Waals surface area contributed by atoms with Crippen molar-refractivity contribution in [1.82, 2.24) is 0 Å². The van der Waals surface area contributed by atoms with E-state index in [1.165, 1.54) is 4.90 Å². The molecule has 0 heterocycles. The molecule has 0 saturated heterocycles. The fourth-order valence-electron chi connectivity index (χ4n) is 2.65. The van der Waals surface area contributed by atoms with Gasteiger partial charge in [-0.1, -0.05) is 35.9 Å². The molecule has 134 valence electrons. The molecule has 2 rings (SSSR count). The molecule has 0 saturated carbocycles. The molecule has 0 fully saturated rings. The maximum absolute atomic E-state index is 12.9. The van der Waals surface area contributed by atoms with E-state index in [4.69, 9.17) is 11.6 Å². The van der Waals surface area contributed by atoms with Gasteiger partial charge in [-0.2, -0.15) is 0 Å². The van der Waals surface area contributed by atoms with Crippen molar-refractivity contribution in [3.63, 3.8) is 0 Å². The summed E-state index contributed by atoms with van der Waals surface area (Å²) in [5, 5.41) is 0.408. The minimum absolute atomic E-state index is 0.337. The molecular weight excluding hydrogens is 360 g/mol. The number of carbonyl (C=O) groups is 1. The number of anilines is 2. The average molecular weight is 381 g/mol. The number of hydrogen-bond acceptors (Lipinski definition) is 3. The van der Waals surface area contributed by atoms with Crippen LogP contribution in [0, 0.1) is 6.92 Å². The summed E-state index contributed by atoms with van der Waals surface area (Å²) in [7, 11) is -2.07. The van der Waals surface area contributed by atoms with Gasteiger partial charge in [-0.05, 0) is 43.7 Å². The molecule has 0 bridgehead atoms. The molecule has 0 aromatic heterocycles. The molecule has 0 aliphatic heterocycles. The van der Waals surface area contributed by atoms with Crippen molar-refractivity contribution in [3.05, 3.63) is 59.1 Å². The zero-order valence-electron chi connectivity index (χ0n) is 14.6. The molecule has 0 spiro atoms. The van der Waals surface area contributed by atoms with Crippen molar-refractivity contribution in [2.75, 3.05) is 22.5 Å². The fraction of sp³-hybridized carbons (Fsp3) is 0.278. The average Bonchev–Trinajstić information content (AvgIpc) is 2.56. The lowest BCUT2D eigenvalue weighted by Gasteiger charge is -2.32. The van der Waals surface area contributed by atoms with Crippen LogP contribution in [-0.4, -0.2) is 33.7 Å². The van der Waals surface area contributed by atoms with Crippen LogP contribution in [0.25, 0.3) is 0 Å². The molecule has 0 unspecified atom stereocenters. The Labute approximate surface area is 153 Å². The largest absolute Gasteiger partial charge is 0.314 e. The van der Waals surface area contributed by atoms with Crippen LogP contribution in [0.2, 0.25) is 5.02 Å². The summed E-state index contributed by atoms with van der Waals surface area (Å²) in [5.74, 6) is -0.337. The van der Waals surface area contributed by atoms with Crippen molar-refractivity contribution >= 4 is 38.9 Å². The Morgan fingerprint density at radius 1 is 1.12 bits per heavy atom. The second kappa shape index (κ2) is 7.45. The lowest BCUT2D eigenvalue weighted by atomic mass is 10.1. The normalized spacial score (nSPS) is 12.5. The van der Waals surface area contributed by atoms with Crippen LogP contribution in [0.15, 0.2) is 48.5 Å². The third-order valence-corrected chi connectivity index (χ3v) is 5.41. The second-order valence-corrected chi connectivity index (χ2v) is 8.19. The van der Waals surface area contributed by atoms with Gasteiger partial charge in [0.2, 0.25) is 15.9 Å². The summed E-state index contributed by atoms with van der Waals surface area (Å²) in [5.41, 5.74) is 1.81. The number of sulfonamides is 1. The summed E-state index contributed by atoms with van der Waals surface area (Å²) in [6, 6.07) is 13.1. The van der Waals surface area contributed by atoms with Gasteiger partial charge in [0, 0.05) is 17.8 Å². The summed E-state index contributed by atoms with van der Waals surface area (Å²) in [4.78, 5) is 14.3. The highest BCUT2D eigenvalue weighted by Gasteiger charge is 2.32. The molecule has 0 N–H and O–H groups in total. The smallest absolute Gasteiger partial charge is 0.250 e. The molecule has 7 heteroatoms. The Morgan fingerprint density at radius 2 is 1.72 bits per heavy atom. The maximum atomic E-state index is 12.9. The number of halogens is 1. The molecule has 0 radical (unpaired) electrons. The highest BCUT2D eigenvalue weighted by atomic mass is 35.5. The van der Waals surface area contributed by atoms with Gasteiger partial charge >= 0.3 is 0 Å². The number of carbonyl (C=O) groups excluding carboxylic acids is 1. The third kappa shape index (κ3) is 4.32. The first-order valence-electron chi connectivity index (χ1n) is 7.71. The topological polar surface area (TPSA) is 57.7 Å². The molecule has 0 aliphatic carbocycles. The van der Waals surface area contributed by atoms with Crippen LogP contribution in [0.1, 0.15) is 12.5 Å². The first-order chi connectivity index (χ1) is 11.6. The molecule has 0 aliphatic rings. The predicted octanol–water partition coefficient (Wildman–Crippen LogP) is 3.47. The zero-order chi connectivity index (χ0) is 18.8. The van der Waals surface area contributed by atoms with Crippen LogP contribution in [0.5, 0.6) is 0 Å². The quantitative estimate of drug-likeness (QED) is 0.798. The van der Waals surface area contributed by atoms with Gasteiger partial charge in [-0.15, -0.1) is 0 Å². The second-order valence-electron chi connectivity index (χ2n) is 5.90. The van der Waals surface area contributed by atoms with Gasteiger partial charge in [0.15, 0.2) is 0 Å². The molecule has 1 amide bonds. The third-order valence-electron chi connectivity index (χ3n) is 3.95. The van der Waals surface area contributed by atoms with Crippen molar-refractivity contribution < 1.29 is 13.2 Å². The van der Waals surface area contributed by atoms with Crippen LogP contribution in [0.3, 0.4) is 0 Å². The van der Waals surface area contributed by atoms with E-state index in [1.807, 2.05) is 18.2 Å². The van der Waals surface area contributed by atoms with Gasteiger partial charge in [0.25, 0.3) is 0 Å². The Hall–Kier alpha value is -2.05. The zero-order valence-corrected chi connectivity index (χ0v) is 16.2. The molecule has 5 nitrogen and oxygen atoms in total. The van der Waals surface area contributed by atoms with E-state index < -0.39 is 16.1 Å². The number of amides is 1. The van der Waals surface area contributed by atoms with Gasteiger partial charge < -0.3 is 4.90 Å². The van der Waals surface area contributed by atoms with Gasteiger partial charge in [-0.25, -0.2) is 8.42 Å². The van der Waals surface area contributed by atoms with E-state index in [9.17, 15) is 13.2 Å². The molecular formula is C18H21ClN2O3S. The predicted molar refractivity (Wildman–Crippen MR) is 103 cm³/mol. The maximum Gasteiger partial charge on any atom is 0.250 e. The number of para-hydroxylation sites is 1. The van der Waals surface area contributed by atoms with Gasteiger partial charge in [0.05, 0.1) is 11.9 Å². The first-order valence-corrected chi connectivity index (χ1v) is 9.93. The number of nitrogens with zero attached hydrogens (tertiary/aromatic N) is 2. The number of rotatable bonds is 5. The summed E-state index contributed by atoms with van der Waals surface area (Å²) < 4.78 is 25.9. The van der Waals surface area contributed by atoms with Crippen molar-refractivity contribution in [2.45, 2.75) is 19.9 Å². The van der Waals surface area contributed by atoms with Crippen LogP contribution in [-0.2, 0) is 14.8 Å². The van der Waals surface area contributed by atoms with Crippen LogP contribution in [0.4, 0.5) is 11.4 Å². The van der Waals surface area contributed by atoms with Crippen LogP contribution < -0.4 is 9.21 Å². The number of benzene rings is 2. The Morgan fingerprint density at radius 3 is 2.28 bits per heavy atom. The Kier molecular flexibility index (Phi) is 5.75. The van der Waals surface area contributed by atoms with E-state index >= 15 is 0 Å². The summed E-state index contributed by atoms with van der Waals surface area (Å²) >= 11 is 6.04. The summed E-state index contributed by atoms with van der Waals surface area (Å²) in [6.45, 7) is 3.35. The Balaban J connectivity index is 2.45. The molecule has 2 aromatic rings. The SMILES string of the molecule is Cc1ccc(Cl)cc1N([C@@H](C)C(=O)N(C)c1ccccc1)S(C)(=O)=O. The van der Waals surface area contributed by atoms with E-state index in [2.05, 4.69) is 0 Å². The van der Waals surface area contributed by atoms with Crippen molar-refractivity contribution in [1.29, 1.82) is 0 Å². The number of aryl methyl sites for hydroxylation is 1. The fourth-order valence-corrected chi connectivity index (χ4v) is 4.04. The van der Waals surface area contributed by atoms with E-state index in [0.29, 0.717) is 16.4 Å². The number of hydrogen-bond donors (Lipinski definition) is 0. The number of likely N-dealkylation sites (N-methyl/N-ethyl adjacent to an activating group) is 1. The lowest BCUT2D eigenvalue weighted by molar-refractivity contribution is -0.119. The van der Waals surface area contributed by atoms with E-state index in [-0.39, 0.29) is 5.91 Å². The minimum Gasteiger partial charge on any atom is -0.314 e. The van der Waals surface area contributed by atoms with E-state index in [0.717, 1.165) is 16.1 Å². The Bertz CT molecular complexity index is 869. The monoisotopic (exact) mass is 380 g/mol. The first kappa shape index (κ1) is 19.3. The molecule has 2 aromatic carbocycles. The minimum atomic E-state index is -3.69. The highest BCUT2D eigenvalue weighted by Crippen LogP contribution is 2.29. The van der Waals surface area contributed by atoms with Crippen LogP contribution >= 0.6 is 11.6 Å². The summed E-state index contributed by atoms with van der Waals surface area (Å²) in [6.07, 6.45) is 1.08. The molecule has 1 atom stereocenters. The van der Waals surface area contributed by atoms with Gasteiger partial charge in [-0.3, -0.25) is 9.10 Å². The highest BCUT2D eigenvalue weighted by molar-refractivity contribution is 7.92. The van der Waals surface area contributed by atoms with E-state index in [1.54, 1.807) is 51.2 Å². The molecule has 25 heavy (non-hydrogen) atoms. The van der Waals surface area contributed by atoms with Crippen molar-refractivity contribution in [2.24, 2.45) is 0 Å². The lowest BCUT2D eigenvalue weighted by Crippen LogP contribution is -2.48. The van der Waals surface area contributed by atoms with Gasteiger partial charge in [0.1, 0.15) is 6.04 Å². The standard InChI is InChI=1S/C18H21ClN2O3S/c1-13-10-11-15(19)12-17(13)21(25(4,23)24)14(2)18(22)20(3)16-8-6-5-7-9-16/h5-12,14H,1-4H3/t14-/m0/s1. The van der Waals surface area contributed by atoms with Crippen molar-refractivity contribution in [3.8, 4) is 0 Å².